The molecular formula is C27H31N3O4. The molecule has 1 unspecified atom stereocenters. The highest BCUT2D eigenvalue weighted by Crippen LogP contribution is 2.29. The van der Waals surface area contributed by atoms with Crippen molar-refractivity contribution >= 4 is 28.4 Å². The molecule has 1 heterocycles. The number of rotatable bonds is 11. The minimum atomic E-state index is -1.08. The molecule has 1 atom stereocenters. The van der Waals surface area contributed by atoms with Crippen LogP contribution in [0.1, 0.15) is 32.4 Å². The molecule has 0 bridgehead atoms. The zero-order valence-electron chi connectivity index (χ0n) is 19.6. The number of aliphatic hydroxyl groups excluding tert-OH is 2. The number of anilines is 1. The Bertz CT molecular complexity index is 1190. The number of nitrogens with one attached hydrogen (secondary N) is 1. The Balaban J connectivity index is 1.80. The summed E-state index contributed by atoms with van der Waals surface area (Å²) in [6, 6.07) is 18.0. The summed E-state index contributed by atoms with van der Waals surface area (Å²) < 4.78 is 5.87. The molecule has 1 aromatic heterocycles. The maximum absolute atomic E-state index is 12.1. The third kappa shape index (κ3) is 6.25. The number of hydrogen-bond donors (Lipinski definition) is 3. The predicted molar refractivity (Wildman–Crippen MR) is 134 cm³/mol. The van der Waals surface area contributed by atoms with Crippen molar-refractivity contribution in [2.45, 2.75) is 32.8 Å². The van der Waals surface area contributed by atoms with Gasteiger partial charge in [-0.3, -0.25) is 4.79 Å². The fourth-order valence-corrected chi connectivity index (χ4v) is 3.74. The van der Waals surface area contributed by atoms with E-state index in [0.717, 1.165) is 42.3 Å². The fourth-order valence-electron chi connectivity index (χ4n) is 3.74. The van der Waals surface area contributed by atoms with E-state index in [4.69, 9.17) is 9.52 Å². The molecule has 0 saturated heterocycles. The van der Waals surface area contributed by atoms with Gasteiger partial charge in [0, 0.05) is 37.0 Å². The van der Waals surface area contributed by atoms with E-state index in [2.05, 4.69) is 54.4 Å². The lowest BCUT2D eigenvalue weighted by Gasteiger charge is -2.24. The van der Waals surface area contributed by atoms with Crippen LogP contribution in [0.15, 0.2) is 58.5 Å². The monoisotopic (exact) mass is 461 g/mol. The van der Waals surface area contributed by atoms with Gasteiger partial charge in [0.05, 0.1) is 12.7 Å². The molecule has 1 amide bonds. The second-order valence-electron chi connectivity index (χ2n) is 8.15. The highest BCUT2D eigenvalue weighted by molar-refractivity contribution is 6.01. The number of amides is 1. The molecule has 3 N–H and O–H groups in total. The number of furan rings is 1. The highest BCUT2D eigenvalue weighted by atomic mass is 16.3. The molecule has 178 valence electrons. The van der Waals surface area contributed by atoms with E-state index in [0.29, 0.717) is 11.5 Å². The Labute approximate surface area is 199 Å². The largest absolute Gasteiger partial charge is 0.457 e. The quantitative estimate of drug-likeness (QED) is 0.293. The lowest BCUT2D eigenvalue weighted by atomic mass is 10.0. The molecule has 0 saturated carbocycles. The first-order valence-electron chi connectivity index (χ1n) is 11.6. The molecule has 3 rings (SSSR count). The van der Waals surface area contributed by atoms with Crippen LogP contribution in [0.2, 0.25) is 0 Å². The minimum absolute atomic E-state index is 0.148. The van der Waals surface area contributed by atoms with Crippen LogP contribution in [0.4, 0.5) is 5.69 Å². The van der Waals surface area contributed by atoms with Crippen molar-refractivity contribution in [1.29, 1.82) is 5.26 Å². The molecule has 0 aliphatic carbocycles. The van der Waals surface area contributed by atoms with Crippen LogP contribution in [0, 0.1) is 11.3 Å². The summed E-state index contributed by atoms with van der Waals surface area (Å²) in [7, 11) is 0. The third-order valence-electron chi connectivity index (χ3n) is 5.45. The predicted octanol–water partition coefficient (Wildman–Crippen LogP) is 4.10. The normalized spacial score (nSPS) is 12.4. The first-order chi connectivity index (χ1) is 16.5. The van der Waals surface area contributed by atoms with Crippen LogP contribution < -0.4 is 10.2 Å². The summed E-state index contributed by atoms with van der Waals surface area (Å²) in [6.07, 6.45) is 2.48. The van der Waals surface area contributed by atoms with Gasteiger partial charge in [-0.1, -0.05) is 32.0 Å². The van der Waals surface area contributed by atoms with E-state index >= 15 is 0 Å². The second kappa shape index (κ2) is 12.0. The Morgan fingerprint density at radius 2 is 1.82 bits per heavy atom. The van der Waals surface area contributed by atoms with Crippen molar-refractivity contribution in [2.75, 3.05) is 31.1 Å². The van der Waals surface area contributed by atoms with E-state index in [1.54, 1.807) is 12.1 Å². The maximum Gasteiger partial charge on any atom is 0.262 e. The third-order valence-corrected chi connectivity index (χ3v) is 5.45. The van der Waals surface area contributed by atoms with Crippen molar-refractivity contribution in [2.24, 2.45) is 0 Å². The van der Waals surface area contributed by atoms with Gasteiger partial charge in [-0.2, -0.15) is 5.26 Å². The topological polar surface area (TPSA) is 110 Å². The number of carbonyl (C=O) groups is 1. The van der Waals surface area contributed by atoms with Gasteiger partial charge < -0.3 is 24.8 Å². The fraction of sp³-hybridized carbons (Fsp3) is 0.333. The average molecular weight is 462 g/mol. The Morgan fingerprint density at radius 3 is 2.50 bits per heavy atom. The van der Waals surface area contributed by atoms with Crippen LogP contribution >= 0.6 is 0 Å². The number of fused-ring (bicyclic) bond motifs is 1. The van der Waals surface area contributed by atoms with E-state index in [-0.39, 0.29) is 12.1 Å². The molecule has 2 aromatic carbocycles. The van der Waals surface area contributed by atoms with E-state index in [1.807, 2.05) is 12.1 Å². The summed E-state index contributed by atoms with van der Waals surface area (Å²) in [5.41, 5.74) is 1.97. The Kier molecular flexibility index (Phi) is 8.86. The smallest absolute Gasteiger partial charge is 0.262 e. The molecule has 34 heavy (non-hydrogen) atoms. The summed E-state index contributed by atoms with van der Waals surface area (Å²) in [5.74, 6) is 0.355. The van der Waals surface area contributed by atoms with Crippen LogP contribution in [-0.2, 0) is 4.79 Å². The van der Waals surface area contributed by atoms with E-state index in [1.165, 1.54) is 11.8 Å². The number of hydrogen-bond acceptors (Lipinski definition) is 6. The molecular weight excluding hydrogens is 430 g/mol. The van der Waals surface area contributed by atoms with Crippen LogP contribution in [-0.4, -0.2) is 48.5 Å². The number of nitrogens with zero attached hydrogens (tertiary/aromatic N) is 2. The van der Waals surface area contributed by atoms with Gasteiger partial charge in [0.2, 0.25) is 0 Å². The zero-order valence-corrected chi connectivity index (χ0v) is 19.6. The number of carbonyl (C=O) groups excluding carboxylic acids is 1. The first-order valence-corrected chi connectivity index (χ1v) is 11.6. The Hall–Kier alpha value is -3.60. The molecule has 0 aliphatic heterocycles. The van der Waals surface area contributed by atoms with E-state index in [9.17, 15) is 15.2 Å². The van der Waals surface area contributed by atoms with Crippen molar-refractivity contribution in [3.63, 3.8) is 0 Å². The van der Waals surface area contributed by atoms with Crippen molar-refractivity contribution < 1.29 is 19.4 Å². The van der Waals surface area contributed by atoms with Gasteiger partial charge >= 0.3 is 0 Å². The lowest BCUT2D eigenvalue weighted by Crippen LogP contribution is -2.34. The van der Waals surface area contributed by atoms with Gasteiger partial charge in [-0.25, -0.2) is 0 Å². The summed E-state index contributed by atoms with van der Waals surface area (Å²) in [6.45, 7) is 5.82. The first kappa shape index (κ1) is 25.0. The summed E-state index contributed by atoms with van der Waals surface area (Å²) >= 11 is 0. The molecule has 7 nitrogen and oxygen atoms in total. The van der Waals surface area contributed by atoms with Crippen LogP contribution in [0.5, 0.6) is 0 Å². The number of nitriles is 1. The molecule has 3 aromatic rings. The zero-order chi connectivity index (χ0) is 24.5. The number of benzene rings is 2. The molecule has 7 heteroatoms. The standard InChI is InChI=1S/C27H31N3O4/c1-3-11-30(12-4-2)23-8-7-19-13-21(6-5-20(19)14-23)26-10-9-25(34-26)15-22(16-28)27(33)29-17-24(32)18-31/h5-10,13-15,24,31-32H,3-4,11-12,17-18H2,1-2H3,(H,29,33)/b22-15+. The summed E-state index contributed by atoms with van der Waals surface area (Å²) in [5, 5.41) is 32.2. The van der Waals surface area contributed by atoms with Gasteiger partial charge in [0.1, 0.15) is 23.2 Å². The average Bonchev–Trinajstić information content (AvgIpc) is 3.33. The molecule has 0 spiro atoms. The Morgan fingerprint density at radius 1 is 1.12 bits per heavy atom. The maximum atomic E-state index is 12.1. The SMILES string of the molecule is CCCN(CCC)c1ccc2cc(-c3ccc(/C=C(\C#N)C(=O)NCC(O)CO)o3)ccc2c1. The minimum Gasteiger partial charge on any atom is -0.457 e. The van der Waals surface area contributed by atoms with Crippen LogP contribution in [0.3, 0.4) is 0 Å². The lowest BCUT2D eigenvalue weighted by molar-refractivity contribution is -0.117. The molecule has 0 fully saturated rings. The second-order valence-corrected chi connectivity index (χ2v) is 8.15. The highest BCUT2D eigenvalue weighted by Gasteiger charge is 2.13. The van der Waals surface area contributed by atoms with Crippen molar-refractivity contribution in [1.82, 2.24) is 5.32 Å². The molecule has 0 aliphatic rings. The molecule has 0 radical (unpaired) electrons. The van der Waals surface area contributed by atoms with Gasteiger partial charge in [-0.15, -0.1) is 0 Å². The summed E-state index contributed by atoms with van der Waals surface area (Å²) in [4.78, 5) is 14.5. The van der Waals surface area contributed by atoms with Gasteiger partial charge in [-0.05, 0) is 53.9 Å². The van der Waals surface area contributed by atoms with Crippen molar-refractivity contribution in [3.8, 4) is 17.4 Å². The van der Waals surface area contributed by atoms with Crippen molar-refractivity contribution in [3.05, 3.63) is 59.9 Å². The van der Waals surface area contributed by atoms with E-state index < -0.39 is 18.6 Å². The van der Waals surface area contributed by atoms with Gasteiger partial charge in [0.15, 0.2) is 0 Å². The van der Waals surface area contributed by atoms with Gasteiger partial charge in [0.25, 0.3) is 5.91 Å². The van der Waals surface area contributed by atoms with Crippen LogP contribution in [0.25, 0.3) is 28.2 Å². The number of aliphatic hydroxyl groups is 2.